The molecule has 1 saturated heterocycles. The van der Waals surface area contributed by atoms with E-state index in [1.807, 2.05) is 26.0 Å². The van der Waals surface area contributed by atoms with Gasteiger partial charge in [-0.2, -0.15) is 8.61 Å². The fourth-order valence-corrected chi connectivity index (χ4v) is 6.52. The summed E-state index contributed by atoms with van der Waals surface area (Å²) in [6.07, 6.45) is 0.898. The van der Waals surface area contributed by atoms with E-state index in [1.165, 1.54) is 8.61 Å². The Hall–Kier alpha value is -1.74. The Labute approximate surface area is 180 Å². The molecule has 1 aliphatic heterocycles. The third-order valence-electron chi connectivity index (χ3n) is 5.52. The van der Waals surface area contributed by atoms with Crippen LogP contribution >= 0.6 is 0 Å². The van der Waals surface area contributed by atoms with Crippen molar-refractivity contribution in [2.45, 2.75) is 43.9 Å². The Morgan fingerprint density at radius 1 is 0.733 bits per heavy atom. The highest BCUT2D eigenvalue weighted by Gasteiger charge is 2.33. The summed E-state index contributed by atoms with van der Waals surface area (Å²) in [4.78, 5) is 0.503. The van der Waals surface area contributed by atoms with Gasteiger partial charge in [-0.1, -0.05) is 32.0 Å². The summed E-state index contributed by atoms with van der Waals surface area (Å²) < 4.78 is 54.6. The van der Waals surface area contributed by atoms with Gasteiger partial charge >= 0.3 is 0 Å². The Morgan fingerprint density at radius 3 is 1.67 bits per heavy atom. The molecule has 30 heavy (non-hydrogen) atoms. The van der Waals surface area contributed by atoms with Crippen molar-refractivity contribution in [1.29, 1.82) is 0 Å². The van der Waals surface area contributed by atoms with Crippen molar-refractivity contribution >= 4 is 20.0 Å². The van der Waals surface area contributed by atoms with Crippen molar-refractivity contribution in [3.63, 3.8) is 0 Å². The largest absolute Gasteiger partial charge is 0.243 e. The van der Waals surface area contributed by atoms with Crippen molar-refractivity contribution in [2.75, 3.05) is 26.2 Å². The molecule has 8 heteroatoms. The maximum absolute atomic E-state index is 13.0. The summed E-state index contributed by atoms with van der Waals surface area (Å²) in [5.41, 5.74) is 3.05. The first-order chi connectivity index (χ1) is 14.0. The summed E-state index contributed by atoms with van der Waals surface area (Å²) in [6, 6.07) is 12.1. The van der Waals surface area contributed by atoms with Gasteiger partial charge in [0.15, 0.2) is 0 Å². The molecule has 3 rings (SSSR count). The monoisotopic (exact) mass is 450 g/mol. The molecular formula is C22H30N2O4S2. The van der Waals surface area contributed by atoms with Gasteiger partial charge in [0.2, 0.25) is 20.0 Å². The van der Waals surface area contributed by atoms with Crippen LogP contribution in [0.2, 0.25) is 0 Å². The Kier molecular flexibility index (Phi) is 6.72. The molecule has 0 N–H and O–H groups in total. The number of rotatable bonds is 6. The van der Waals surface area contributed by atoms with Gasteiger partial charge < -0.3 is 0 Å². The van der Waals surface area contributed by atoms with Crippen molar-refractivity contribution < 1.29 is 16.8 Å². The second kappa shape index (κ2) is 8.78. The number of sulfonamides is 2. The molecule has 0 spiro atoms. The highest BCUT2D eigenvalue weighted by molar-refractivity contribution is 7.89. The van der Waals surface area contributed by atoms with Crippen LogP contribution in [-0.4, -0.2) is 51.6 Å². The third kappa shape index (κ3) is 4.77. The molecule has 6 nitrogen and oxygen atoms in total. The molecule has 164 valence electrons. The van der Waals surface area contributed by atoms with Gasteiger partial charge in [0.1, 0.15) is 0 Å². The average Bonchev–Trinajstić information content (AvgIpc) is 2.70. The lowest BCUT2D eigenvalue weighted by Crippen LogP contribution is -2.50. The van der Waals surface area contributed by atoms with Gasteiger partial charge in [-0.15, -0.1) is 0 Å². The normalized spacial score (nSPS) is 16.8. The zero-order chi connectivity index (χ0) is 22.1. The first-order valence-electron chi connectivity index (χ1n) is 10.2. The number of hydrogen-bond donors (Lipinski definition) is 0. The van der Waals surface area contributed by atoms with E-state index in [9.17, 15) is 16.8 Å². The molecule has 1 heterocycles. The molecule has 0 atom stereocenters. The molecule has 2 aromatic rings. The third-order valence-corrected chi connectivity index (χ3v) is 9.33. The lowest BCUT2D eigenvalue weighted by Gasteiger charge is -2.33. The van der Waals surface area contributed by atoms with E-state index in [1.54, 1.807) is 30.3 Å². The molecule has 0 aromatic heterocycles. The summed E-state index contributed by atoms with van der Waals surface area (Å²) in [5.74, 6) is 0.500. The van der Waals surface area contributed by atoms with E-state index in [0.29, 0.717) is 5.92 Å². The standard InChI is InChI=1S/C22H30N2O4S2/c1-17(2)15-20-6-9-21(10-7-20)29(25,26)23-11-13-24(14-12-23)30(27,28)22-8-5-18(3)19(4)16-22/h5-10,16-17H,11-15H2,1-4H3. The predicted octanol–water partition coefficient (Wildman–Crippen LogP) is 3.20. The zero-order valence-corrected chi connectivity index (χ0v) is 19.6. The first-order valence-corrected chi connectivity index (χ1v) is 13.1. The van der Waals surface area contributed by atoms with Crippen LogP contribution in [0.5, 0.6) is 0 Å². The molecule has 0 aliphatic carbocycles. The predicted molar refractivity (Wildman–Crippen MR) is 118 cm³/mol. The van der Waals surface area contributed by atoms with Crippen molar-refractivity contribution in [2.24, 2.45) is 5.92 Å². The van der Waals surface area contributed by atoms with Crippen molar-refractivity contribution in [3.05, 3.63) is 59.2 Å². The fourth-order valence-electron chi connectivity index (χ4n) is 3.59. The molecule has 0 amide bonds. The SMILES string of the molecule is Cc1ccc(S(=O)(=O)N2CCN(S(=O)(=O)c3ccc(CC(C)C)cc3)CC2)cc1C. The molecule has 0 saturated carbocycles. The van der Waals surface area contributed by atoms with Gasteiger partial charge in [-0.25, -0.2) is 16.8 Å². The molecule has 1 fully saturated rings. The molecule has 0 bridgehead atoms. The van der Waals surface area contributed by atoms with E-state index in [0.717, 1.165) is 23.1 Å². The second-order valence-electron chi connectivity index (χ2n) is 8.30. The van der Waals surface area contributed by atoms with Crippen LogP contribution in [-0.2, 0) is 26.5 Å². The number of nitrogens with zero attached hydrogens (tertiary/aromatic N) is 2. The van der Waals surface area contributed by atoms with Gasteiger partial charge in [0.25, 0.3) is 0 Å². The van der Waals surface area contributed by atoms with Crippen LogP contribution in [0.15, 0.2) is 52.3 Å². The minimum absolute atomic E-state index is 0.139. The van der Waals surface area contributed by atoms with Gasteiger partial charge in [0.05, 0.1) is 9.79 Å². The lowest BCUT2D eigenvalue weighted by molar-refractivity contribution is 0.273. The zero-order valence-electron chi connectivity index (χ0n) is 18.0. The lowest BCUT2D eigenvalue weighted by atomic mass is 10.0. The smallest absolute Gasteiger partial charge is 0.207 e. The second-order valence-corrected chi connectivity index (χ2v) is 12.2. The maximum atomic E-state index is 13.0. The number of hydrogen-bond acceptors (Lipinski definition) is 4. The Bertz CT molecular complexity index is 1100. The summed E-state index contributed by atoms with van der Waals surface area (Å²) in [7, 11) is -7.28. The topological polar surface area (TPSA) is 74.8 Å². The van der Waals surface area contributed by atoms with Crippen LogP contribution in [0, 0.1) is 19.8 Å². The molecule has 1 aliphatic rings. The van der Waals surface area contributed by atoms with Gasteiger partial charge in [-0.3, -0.25) is 0 Å². The number of piperazine rings is 1. The van der Waals surface area contributed by atoms with E-state index < -0.39 is 20.0 Å². The highest BCUT2D eigenvalue weighted by Crippen LogP contribution is 2.23. The summed E-state index contributed by atoms with van der Waals surface area (Å²) in [5, 5.41) is 0. The fraction of sp³-hybridized carbons (Fsp3) is 0.455. The average molecular weight is 451 g/mol. The van der Waals surface area contributed by atoms with Crippen LogP contribution in [0.25, 0.3) is 0 Å². The number of benzene rings is 2. The van der Waals surface area contributed by atoms with E-state index in [4.69, 9.17) is 0 Å². The van der Waals surface area contributed by atoms with Crippen LogP contribution in [0.3, 0.4) is 0 Å². The molecule has 0 unspecified atom stereocenters. The number of aryl methyl sites for hydroxylation is 2. The molecular weight excluding hydrogens is 420 g/mol. The quantitative estimate of drug-likeness (QED) is 0.677. The maximum Gasteiger partial charge on any atom is 0.243 e. The first kappa shape index (κ1) is 22.9. The minimum Gasteiger partial charge on any atom is -0.207 e. The molecule has 0 radical (unpaired) electrons. The Morgan fingerprint density at radius 2 is 1.20 bits per heavy atom. The minimum atomic E-state index is -3.64. The van der Waals surface area contributed by atoms with Crippen molar-refractivity contribution in [1.82, 2.24) is 8.61 Å². The van der Waals surface area contributed by atoms with E-state index in [2.05, 4.69) is 13.8 Å². The van der Waals surface area contributed by atoms with Crippen LogP contribution < -0.4 is 0 Å². The molecule has 2 aromatic carbocycles. The summed E-state index contributed by atoms with van der Waals surface area (Å²) in [6.45, 7) is 8.61. The van der Waals surface area contributed by atoms with Gasteiger partial charge in [0, 0.05) is 26.2 Å². The Balaban J connectivity index is 1.71. The summed E-state index contributed by atoms with van der Waals surface area (Å²) >= 11 is 0. The highest BCUT2D eigenvalue weighted by atomic mass is 32.2. The van der Waals surface area contributed by atoms with Crippen molar-refractivity contribution in [3.8, 4) is 0 Å². The van der Waals surface area contributed by atoms with Crippen LogP contribution in [0.1, 0.15) is 30.5 Å². The van der Waals surface area contributed by atoms with Gasteiger partial charge in [-0.05, 0) is 67.1 Å². The van der Waals surface area contributed by atoms with E-state index in [-0.39, 0.29) is 36.0 Å². The van der Waals surface area contributed by atoms with E-state index >= 15 is 0 Å². The van der Waals surface area contributed by atoms with Crippen LogP contribution in [0.4, 0.5) is 0 Å².